The molecule has 2 aromatic rings. The van der Waals surface area contributed by atoms with Gasteiger partial charge in [-0.1, -0.05) is 0 Å². The van der Waals surface area contributed by atoms with E-state index in [1.807, 2.05) is 0 Å². The fraction of sp³-hybridized carbons (Fsp3) is 0.200. The van der Waals surface area contributed by atoms with Gasteiger partial charge in [0.25, 0.3) is 5.56 Å². The van der Waals surface area contributed by atoms with Crippen molar-refractivity contribution in [3.8, 4) is 0 Å². The van der Waals surface area contributed by atoms with Crippen LogP contribution in [-0.2, 0) is 7.05 Å². The zero-order valence-corrected chi connectivity index (χ0v) is 5.38. The molecule has 0 saturated heterocycles. The zero-order valence-electron chi connectivity index (χ0n) is 5.38. The first-order valence-corrected chi connectivity index (χ1v) is 2.87. The molecule has 0 aliphatic carbocycles. The van der Waals surface area contributed by atoms with Crippen LogP contribution in [0.15, 0.2) is 11.1 Å². The third kappa shape index (κ3) is 0.464. The van der Waals surface area contributed by atoms with E-state index in [9.17, 15) is 4.79 Å². The predicted octanol–water partition coefficient (Wildman–Crippen LogP) is -0.410. The number of nitrogens with one attached hydrogen (secondary N) is 2. The second kappa shape index (κ2) is 1.50. The van der Waals surface area contributed by atoms with E-state index in [-0.39, 0.29) is 5.56 Å². The van der Waals surface area contributed by atoms with Crippen molar-refractivity contribution in [2.75, 3.05) is 0 Å². The molecule has 2 aromatic heterocycles. The summed E-state index contributed by atoms with van der Waals surface area (Å²) >= 11 is 0. The lowest BCUT2D eigenvalue weighted by Crippen LogP contribution is -2.02. The van der Waals surface area contributed by atoms with Gasteiger partial charge < -0.3 is 4.98 Å². The van der Waals surface area contributed by atoms with Crippen molar-refractivity contribution in [2.24, 2.45) is 7.05 Å². The van der Waals surface area contributed by atoms with Gasteiger partial charge in [0.05, 0.1) is 6.33 Å². The lowest BCUT2D eigenvalue weighted by atomic mass is 10.6. The average Bonchev–Trinajstić information content (AvgIpc) is 2.39. The largest absolute Gasteiger partial charge is 0.339 e. The van der Waals surface area contributed by atoms with Crippen LogP contribution in [0, 0.1) is 0 Å². The molecule has 2 N–H and O–H groups in total. The number of aryl methyl sites for hydroxylation is 1. The van der Waals surface area contributed by atoms with Gasteiger partial charge in [-0.15, -0.1) is 0 Å². The second-order valence-corrected chi connectivity index (χ2v) is 2.10. The lowest BCUT2D eigenvalue weighted by molar-refractivity contribution is 0.773. The normalized spacial score (nSPS) is 10.9. The third-order valence-electron chi connectivity index (χ3n) is 1.43. The van der Waals surface area contributed by atoms with E-state index in [2.05, 4.69) is 15.1 Å². The smallest absolute Gasteiger partial charge is 0.290 e. The van der Waals surface area contributed by atoms with Gasteiger partial charge in [-0.25, -0.2) is 4.98 Å². The van der Waals surface area contributed by atoms with Gasteiger partial charge in [-0.2, -0.15) is 0 Å². The Morgan fingerprint density at radius 1 is 1.70 bits per heavy atom. The monoisotopic (exact) mass is 138 g/mol. The summed E-state index contributed by atoms with van der Waals surface area (Å²) in [6, 6.07) is 0. The van der Waals surface area contributed by atoms with Gasteiger partial charge >= 0.3 is 0 Å². The van der Waals surface area contributed by atoms with Crippen LogP contribution < -0.4 is 5.56 Å². The quantitative estimate of drug-likeness (QED) is 0.519. The van der Waals surface area contributed by atoms with Gasteiger partial charge in [0, 0.05) is 7.05 Å². The molecule has 5 heteroatoms. The Morgan fingerprint density at radius 3 is 3.20 bits per heavy atom. The highest BCUT2D eigenvalue weighted by Crippen LogP contribution is 1.98. The molecular weight excluding hydrogens is 132 g/mol. The molecule has 0 bridgehead atoms. The summed E-state index contributed by atoms with van der Waals surface area (Å²) in [7, 11) is 1.74. The summed E-state index contributed by atoms with van der Waals surface area (Å²) in [6.07, 6.45) is 1.50. The number of aromatic amines is 2. The molecule has 0 saturated carbocycles. The molecule has 52 valence electrons. The van der Waals surface area contributed by atoms with Crippen LogP contribution in [0.3, 0.4) is 0 Å². The minimum atomic E-state index is -0.130. The van der Waals surface area contributed by atoms with Gasteiger partial charge in [-0.3, -0.25) is 14.6 Å². The van der Waals surface area contributed by atoms with Crippen molar-refractivity contribution in [3.63, 3.8) is 0 Å². The van der Waals surface area contributed by atoms with Crippen LogP contribution in [0.2, 0.25) is 0 Å². The molecule has 2 rings (SSSR count). The fourth-order valence-corrected chi connectivity index (χ4v) is 0.970. The number of nitrogens with zero attached hydrogens (tertiary/aromatic N) is 2. The lowest BCUT2D eigenvalue weighted by Gasteiger charge is -1.84. The highest BCUT2D eigenvalue weighted by atomic mass is 16.1. The molecule has 0 atom stereocenters. The van der Waals surface area contributed by atoms with Crippen molar-refractivity contribution < 1.29 is 0 Å². The molecule has 0 aliphatic heterocycles. The maximum Gasteiger partial charge on any atom is 0.290 e. The molecule has 5 nitrogen and oxygen atoms in total. The fourth-order valence-electron chi connectivity index (χ4n) is 0.970. The molecule has 0 fully saturated rings. The molecule has 0 radical (unpaired) electrons. The SMILES string of the molecule is Cn1[nH]c(=O)c2[nH]cnc21. The summed E-state index contributed by atoms with van der Waals surface area (Å²) in [5, 5.41) is 2.56. The molecule has 0 unspecified atom stereocenters. The van der Waals surface area contributed by atoms with E-state index >= 15 is 0 Å². The summed E-state index contributed by atoms with van der Waals surface area (Å²) in [5.41, 5.74) is 1.06. The number of H-pyrrole nitrogens is 2. The standard InChI is InChI=1S/C5H6N4O/c1-9-4-3(5(10)8-9)6-2-7-4/h2H,1H3,(H,6,7)(H,8,10). The van der Waals surface area contributed by atoms with Crippen LogP contribution in [-0.4, -0.2) is 19.7 Å². The highest BCUT2D eigenvalue weighted by Gasteiger charge is 2.03. The topological polar surface area (TPSA) is 66.5 Å². The van der Waals surface area contributed by atoms with E-state index in [1.54, 1.807) is 11.7 Å². The second-order valence-electron chi connectivity index (χ2n) is 2.10. The van der Waals surface area contributed by atoms with Crippen molar-refractivity contribution in [2.45, 2.75) is 0 Å². The van der Waals surface area contributed by atoms with E-state index in [4.69, 9.17) is 0 Å². The van der Waals surface area contributed by atoms with Crippen molar-refractivity contribution in [3.05, 3.63) is 16.7 Å². The number of rotatable bonds is 0. The third-order valence-corrected chi connectivity index (χ3v) is 1.43. The Hall–Kier alpha value is -1.52. The number of hydrogen-bond acceptors (Lipinski definition) is 2. The van der Waals surface area contributed by atoms with E-state index in [0.29, 0.717) is 11.2 Å². The minimum absolute atomic E-state index is 0.130. The minimum Gasteiger partial charge on any atom is -0.339 e. The molecule has 2 heterocycles. The first-order chi connectivity index (χ1) is 4.79. The molecule has 0 spiro atoms. The molecule has 10 heavy (non-hydrogen) atoms. The van der Waals surface area contributed by atoms with Crippen LogP contribution in [0.5, 0.6) is 0 Å². The zero-order chi connectivity index (χ0) is 7.14. The van der Waals surface area contributed by atoms with Crippen molar-refractivity contribution in [1.82, 2.24) is 19.7 Å². The Balaban J connectivity index is 3.12. The average molecular weight is 138 g/mol. The van der Waals surface area contributed by atoms with Gasteiger partial charge in [-0.05, 0) is 0 Å². The van der Waals surface area contributed by atoms with Crippen molar-refractivity contribution in [1.29, 1.82) is 0 Å². The maximum absolute atomic E-state index is 10.9. The molecule has 0 aliphatic rings. The number of aromatic nitrogens is 4. The Morgan fingerprint density at radius 2 is 2.50 bits per heavy atom. The first-order valence-electron chi connectivity index (χ1n) is 2.87. The Kier molecular flexibility index (Phi) is 0.791. The summed E-state index contributed by atoms with van der Waals surface area (Å²) < 4.78 is 1.58. The highest BCUT2D eigenvalue weighted by molar-refractivity contribution is 5.68. The van der Waals surface area contributed by atoms with Gasteiger partial charge in [0.15, 0.2) is 11.2 Å². The van der Waals surface area contributed by atoms with E-state index in [1.165, 1.54) is 6.33 Å². The molecular formula is C5H6N4O. The Labute approximate surface area is 55.7 Å². The first kappa shape index (κ1) is 5.28. The van der Waals surface area contributed by atoms with E-state index in [0.717, 1.165) is 0 Å². The van der Waals surface area contributed by atoms with Crippen LogP contribution in [0.4, 0.5) is 0 Å². The number of imidazole rings is 1. The van der Waals surface area contributed by atoms with E-state index < -0.39 is 0 Å². The molecule has 0 amide bonds. The summed E-state index contributed by atoms with van der Waals surface area (Å²) in [6.45, 7) is 0. The Bertz CT molecular complexity index is 406. The molecule has 0 aromatic carbocycles. The summed E-state index contributed by atoms with van der Waals surface area (Å²) in [4.78, 5) is 17.6. The van der Waals surface area contributed by atoms with Gasteiger partial charge in [0.1, 0.15) is 0 Å². The maximum atomic E-state index is 10.9. The number of fused-ring (bicyclic) bond motifs is 1. The number of hydrogen-bond donors (Lipinski definition) is 2. The van der Waals surface area contributed by atoms with Crippen molar-refractivity contribution >= 4 is 11.2 Å². The van der Waals surface area contributed by atoms with Crippen LogP contribution in [0.1, 0.15) is 0 Å². The van der Waals surface area contributed by atoms with Crippen LogP contribution in [0.25, 0.3) is 11.2 Å². The predicted molar refractivity (Wildman–Crippen MR) is 35.7 cm³/mol. The summed E-state index contributed by atoms with van der Waals surface area (Å²) in [5.74, 6) is 0. The van der Waals surface area contributed by atoms with Crippen LogP contribution >= 0.6 is 0 Å². The van der Waals surface area contributed by atoms with Gasteiger partial charge in [0.2, 0.25) is 0 Å².